The smallest absolute Gasteiger partial charge is 0.236 e. The van der Waals surface area contributed by atoms with Gasteiger partial charge in [-0.2, -0.15) is 0 Å². The van der Waals surface area contributed by atoms with Crippen molar-refractivity contribution in [3.63, 3.8) is 0 Å². The number of amides is 1. The Hall–Kier alpha value is -1.56. The van der Waals surface area contributed by atoms with Crippen LogP contribution in [0.3, 0.4) is 0 Å². The number of carbonyl (C=O) groups is 1. The van der Waals surface area contributed by atoms with E-state index in [9.17, 15) is 4.79 Å². The number of likely N-dealkylation sites (tertiary alicyclic amines) is 1. The Morgan fingerprint density at radius 1 is 1.27 bits per heavy atom. The van der Waals surface area contributed by atoms with Crippen LogP contribution in [0.25, 0.3) is 5.65 Å². The molecule has 3 rings (SSSR count). The van der Waals surface area contributed by atoms with Crippen molar-refractivity contribution in [2.75, 3.05) is 0 Å². The van der Waals surface area contributed by atoms with Crippen LogP contribution in [-0.4, -0.2) is 42.7 Å². The minimum Gasteiger partial charge on any atom is -0.336 e. The van der Waals surface area contributed by atoms with Gasteiger partial charge in [0.15, 0.2) is 10.8 Å². The summed E-state index contributed by atoms with van der Waals surface area (Å²) in [6.45, 7) is 6.26. The first-order chi connectivity index (χ1) is 10.6. The molecule has 0 bridgehead atoms. The van der Waals surface area contributed by atoms with Crippen LogP contribution in [-0.2, 0) is 4.79 Å². The summed E-state index contributed by atoms with van der Waals surface area (Å²) in [6.07, 6.45) is 5.34. The molecule has 0 N–H and O–H groups in total. The average molecular weight is 318 g/mol. The minimum atomic E-state index is -0.157. The molecule has 3 atom stereocenters. The van der Waals surface area contributed by atoms with Gasteiger partial charge in [0.2, 0.25) is 5.91 Å². The number of thioether (sulfide) groups is 1. The first kappa shape index (κ1) is 15.3. The van der Waals surface area contributed by atoms with Crippen LogP contribution >= 0.6 is 11.8 Å². The van der Waals surface area contributed by atoms with Crippen molar-refractivity contribution in [3.05, 3.63) is 24.4 Å². The number of piperidine rings is 1. The van der Waals surface area contributed by atoms with Gasteiger partial charge in [-0.15, -0.1) is 10.2 Å². The summed E-state index contributed by atoms with van der Waals surface area (Å²) in [4.78, 5) is 14.9. The van der Waals surface area contributed by atoms with E-state index in [0.717, 1.165) is 23.6 Å². The first-order valence-corrected chi connectivity index (χ1v) is 8.74. The summed E-state index contributed by atoms with van der Waals surface area (Å²) < 4.78 is 1.93. The Morgan fingerprint density at radius 3 is 2.73 bits per heavy atom. The lowest BCUT2D eigenvalue weighted by Crippen LogP contribution is -2.50. The molecule has 1 amide bonds. The van der Waals surface area contributed by atoms with Crippen molar-refractivity contribution in [1.82, 2.24) is 19.5 Å². The van der Waals surface area contributed by atoms with E-state index >= 15 is 0 Å². The molecule has 2 aromatic heterocycles. The van der Waals surface area contributed by atoms with Crippen molar-refractivity contribution < 1.29 is 4.79 Å². The van der Waals surface area contributed by atoms with E-state index in [1.807, 2.05) is 35.7 Å². The Kier molecular flexibility index (Phi) is 4.38. The fourth-order valence-corrected chi connectivity index (χ4v) is 4.07. The molecule has 2 aromatic rings. The maximum atomic E-state index is 12.8. The van der Waals surface area contributed by atoms with E-state index in [4.69, 9.17) is 0 Å². The second-order valence-corrected chi connectivity index (χ2v) is 7.35. The molecule has 22 heavy (non-hydrogen) atoms. The fourth-order valence-electron chi connectivity index (χ4n) is 3.17. The predicted molar refractivity (Wildman–Crippen MR) is 87.9 cm³/mol. The van der Waals surface area contributed by atoms with Crippen LogP contribution < -0.4 is 0 Å². The molecule has 5 nitrogen and oxygen atoms in total. The highest BCUT2D eigenvalue weighted by atomic mass is 32.2. The van der Waals surface area contributed by atoms with Crippen LogP contribution in [0, 0.1) is 0 Å². The zero-order valence-corrected chi connectivity index (χ0v) is 14.1. The predicted octanol–water partition coefficient (Wildman–Crippen LogP) is 3.00. The summed E-state index contributed by atoms with van der Waals surface area (Å²) in [5, 5.41) is 8.96. The lowest BCUT2D eigenvalue weighted by Gasteiger charge is -2.40. The molecule has 1 aliphatic rings. The van der Waals surface area contributed by atoms with E-state index in [1.54, 1.807) is 0 Å². The largest absolute Gasteiger partial charge is 0.336 e. The van der Waals surface area contributed by atoms with Crippen LogP contribution in [0.15, 0.2) is 29.6 Å². The fraction of sp³-hybridized carbons (Fsp3) is 0.562. The number of nitrogens with zero attached hydrogens (tertiary/aromatic N) is 4. The van der Waals surface area contributed by atoms with E-state index in [0.29, 0.717) is 12.1 Å². The van der Waals surface area contributed by atoms with Gasteiger partial charge in [0, 0.05) is 18.3 Å². The van der Waals surface area contributed by atoms with Crippen LogP contribution in [0.4, 0.5) is 0 Å². The molecule has 1 saturated heterocycles. The Labute approximate surface area is 135 Å². The van der Waals surface area contributed by atoms with Crippen molar-refractivity contribution in [2.45, 2.75) is 62.5 Å². The number of carbonyl (C=O) groups excluding carboxylic acids is 1. The number of pyridine rings is 1. The van der Waals surface area contributed by atoms with Gasteiger partial charge in [0.05, 0.1) is 5.25 Å². The number of hydrogen-bond donors (Lipinski definition) is 0. The van der Waals surface area contributed by atoms with Crippen molar-refractivity contribution >= 4 is 23.3 Å². The van der Waals surface area contributed by atoms with Gasteiger partial charge in [0.25, 0.3) is 0 Å². The van der Waals surface area contributed by atoms with Crippen LogP contribution in [0.2, 0.25) is 0 Å². The van der Waals surface area contributed by atoms with Crippen molar-refractivity contribution in [2.24, 2.45) is 0 Å². The Balaban J connectivity index is 1.76. The highest BCUT2D eigenvalue weighted by Crippen LogP contribution is 2.28. The highest BCUT2D eigenvalue weighted by Gasteiger charge is 2.32. The van der Waals surface area contributed by atoms with Gasteiger partial charge >= 0.3 is 0 Å². The summed E-state index contributed by atoms with van der Waals surface area (Å²) in [7, 11) is 0. The average Bonchev–Trinajstić information content (AvgIpc) is 2.90. The van der Waals surface area contributed by atoms with Gasteiger partial charge in [-0.3, -0.25) is 9.20 Å². The molecular formula is C16H22N4OS. The number of hydrogen-bond acceptors (Lipinski definition) is 4. The normalized spacial score (nSPS) is 23.7. The van der Waals surface area contributed by atoms with Crippen molar-refractivity contribution in [1.29, 1.82) is 0 Å². The minimum absolute atomic E-state index is 0.157. The lowest BCUT2D eigenvalue weighted by molar-refractivity contribution is -0.136. The second-order valence-electron chi connectivity index (χ2n) is 6.05. The molecule has 1 aliphatic heterocycles. The molecule has 0 radical (unpaired) electrons. The first-order valence-electron chi connectivity index (χ1n) is 7.86. The third-order valence-corrected chi connectivity index (χ3v) is 5.40. The summed E-state index contributed by atoms with van der Waals surface area (Å²) in [5.74, 6) is 0.206. The SMILES string of the molecule is C[C@@H](Sc1nnc2ccccn12)C(=O)N1[C@@H](C)CCC[C@@H]1C. The van der Waals surface area contributed by atoms with Gasteiger partial charge in [-0.1, -0.05) is 17.8 Å². The molecule has 0 unspecified atom stereocenters. The highest BCUT2D eigenvalue weighted by molar-refractivity contribution is 8.00. The Morgan fingerprint density at radius 2 is 2.00 bits per heavy atom. The molecule has 3 heterocycles. The zero-order chi connectivity index (χ0) is 15.7. The molecule has 1 fully saturated rings. The summed E-state index contributed by atoms with van der Waals surface area (Å²) in [6, 6.07) is 6.45. The topological polar surface area (TPSA) is 50.5 Å². The number of fused-ring (bicyclic) bond motifs is 1. The number of aromatic nitrogens is 3. The summed E-state index contributed by atoms with van der Waals surface area (Å²) in [5.41, 5.74) is 0.810. The van der Waals surface area contributed by atoms with Crippen LogP contribution in [0.1, 0.15) is 40.0 Å². The maximum Gasteiger partial charge on any atom is 0.236 e. The van der Waals surface area contributed by atoms with Crippen LogP contribution in [0.5, 0.6) is 0 Å². The molecule has 0 spiro atoms. The second kappa shape index (κ2) is 6.28. The third-order valence-electron chi connectivity index (χ3n) is 4.36. The van der Waals surface area contributed by atoms with Gasteiger partial charge < -0.3 is 4.90 Å². The summed E-state index contributed by atoms with van der Waals surface area (Å²) >= 11 is 1.48. The number of rotatable bonds is 3. The molecule has 0 aliphatic carbocycles. The maximum absolute atomic E-state index is 12.8. The quantitative estimate of drug-likeness (QED) is 0.816. The molecule has 0 saturated carbocycles. The third kappa shape index (κ3) is 2.84. The van der Waals surface area contributed by atoms with E-state index < -0.39 is 0 Å². The molecule has 118 valence electrons. The van der Waals surface area contributed by atoms with E-state index in [1.165, 1.54) is 18.2 Å². The standard InChI is InChI=1S/C16H22N4OS/c1-11-7-6-8-12(2)20(11)15(21)13(3)22-16-18-17-14-9-4-5-10-19(14)16/h4-5,9-13H,6-8H2,1-3H3/t11-,12-,13+/m0/s1. The monoisotopic (exact) mass is 318 g/mol. The molecular weight excluding hydrogens is 296 g/mol. The van der Waals surface area contributed by atoms with E-state index in [2.05, 4.69) is 28.9 Å². The van der Waals surface area contributed by atoms with Crippen molar-refractivity contribution in [3.8, 4) is 0 Å². The van der Waals surface area contributed by atoms with Gasteiger partial charge in [-0.25, -0.2) is 0 Å². The molecule has 6 heteroatoms. The van der Waals surface area contributed by atoms with E-state index in [-0.39, 0.29) is 11.2 Å². The Bertz CT molecular complexity index is 661. The van der Waals surface area contributed by atoms with Gasteiger partial charge in [0.1, 0.15) is 0 Å². The lowest BCUT2D eigenvalue weighted by atomic mass is 9.97. The van der Waals surface area contributed by atoms with Gasteiger partial charge in [-0.05, 0) is 52.2 Å². The zero-order valence-electron chi connectivity index (χ0n) is 13.3. The molecule has 0 aromatic carbocycles.